The summed E-state index contributed by atoms with van der Waals surface area (Å²) in [6, 6.07) is 16.7. The first-order chi connectivity index (χ1) is 15.6. The molecule has 0 radical (unpaired) electrons. The number of hydrogen-bond donors (Lipinski definition) is 1. The number of ether oxygens (including phenoxy) is 2. The lowest BCUT2D eigenvalue weighted by atomic mass is 9.92. The Morgan fingerprint density at radius 3 is 2.39 bits per heavy atom. The number of amides is 1. The van der Waals surface area contributed by atoms with E-state index in [1.807, 2.05) is 51.1 Å². The average molecular weight is 452 g/mol. The van der Waals surface area contributed by atoms with Crippen LogP contribution in [0.1, 0.15) is 26.5 Å². The topological polar surface area (TPSA) is 126 Å². The molecule has 1 amide bonds. The molecule has 0 saturated carbocycles. The maximum absolute atomic E-state index is 12.4. The van der Waals surface area contributed by atoms with Crippen molar-refractivity contribution in [1.82, 2.24) is 9.78 Å². The monoisotopic (exact) mass is 452 g/mol. The van der Waals surface area contributed by atoms with Gasteiger partial charge in [-0.15, -0.1) is 0 Å². The normalized spacial score (nSPS) is 11.0. The van der Waals surface area contributed by atoms with Gasteiger partial charge in [0, 0.05) is 17.5 Å². The Morgan fingerprint density at radius 1 is 1.06 bits per heavy atom. The molecule has 0 aliphatic carbocycles. The first-order valence-electron chi connectivity index (χ1n) is 10.1. The van der Waals surface area contributed by atoms with Gasteiger partial charge in [-0.05, 0) is 18.2 Å². The molecule has 1 N–H and O–H groups in total. The average Bonchev–Trinajstić information content (AvgIpc) is 3.21. The number of esters is 1. The predicted octanol–water partition coefficient (Wildman–Crippen LogP) is 3.64. The maximum Gasteiger partial charge on any atom is 0.344 e. The summed E-state index contributed by atoms with van der Waals surface area (Å²) in [5.74, 6) is -1.03. The Bertz CT molecular complexity index is 1150. The molecule has 1 aromatic heterocycles. The van der Waals surface area contributed by atoms with Gasteiger partial charge in [-0.3, -0.25) is 14.9 Å². The standard InChI is InChI=1S/C23H24N4O6/c1-23(2,3)19-13-20(26(25-19)16-9-5-4-6-10-16)24-21(28)14-33-22(29)15-32-18-12-8-7-11-17(18)27(30)31/h4-13H,14-15H2,1-3H3,(H,24,28). The van der Waals surface area contributed by atoms with Crippen molar-refractivity contribution in [3.05, 3.63) is 76.5 Å². The smallest absolute Gasteiger partial charge is 0.344 e. The van der Waals surface area contributed by atoms with Crippen LogP contribution < -0.4 is 10.1 Å². The highest BCUT2D eigenvalue weighted by Crippen LogP contribution is 2.27. The number of anilines is 1. The third-order valence-corrected chi connectivity index (χ3v) is 4.52. The summed E-state index contributed by atoms with van der Waals surface area (Å²) < 4.78 is 11.7. The van der Waals surface area contributed by atoms with E-state index < -0.39 is 30.0 Å². The quantitative estimate of drug-likeness (QED) is 0.314. The van der Waals surface area contributed by atoms with Crippen molar-refractivity contribution in [2.75, 3.05) is 18.5 Å². The molecule has 172 valence electrons. The lowest BCUT2D eigenvalue weighted by Gasteiger charge is -2.14. The van der Waals surface area contributed by atoms with Crippen molar-refractivity contribution in [2.45, 2.75) is 26.2 Å². The fraction of sp³-hybridized carbons (Fsp3) is 0.261. The number of nitro groups is 1. The molecule has 0 saturated heterocycles. The zero-order valence-electron chi connectivity index (χ0n) is 18.5. The summed E-state index contributed by atoms with van der Waals surface area (Å²) in [5, 5.41) is 18.3. The van der Waals surface area contributed by atoms with Gasteiger partial charge in [-0.1, -0.05) is 51.1 Å². The highest BCUT2D eigenvalue weighted by Gasteiger charge is 2.22. The Balaban J connectivity index is 1.61. The highest BCUT2D eigenvalue weighted by atomic mass is 16.6. The minimum absolute atomic E-state index is 0.0645. The van der Waals surface area contributed by atoms with Gasteiger partial charge >= 0.3 is 11.7 Å². The summed E-state index contributed by atoms with van der Waals surface area (Å²) >= 11 is 0. The van der Waals surface area contributed by atoms with E-state index in [0.717, 1.165) is 11.4 Å². The second kappa shape index (κ2) is 9.94. The third kappa shape index (κ3) is 6.16. The van der Waals surface area contributed by atoms with E-state index in [9.17, 15) is 19.7 Å². The van der Waals surface area contributed by atoms with Crippen LogP contribution in [0.4, 0.5) is 11.5 Å². The van der Waals surface area contributed by atoms with E-state index in [-0.39, 0.29) is 16.9 Å². The molecule has 0 unspecified atom stereocenters. The number of nitrogens with one attached hydrogen (secondary N) is 1. The van der Waals surface area contributed by atoms with Crippen LogP contribution >= 0.6 is 0 Å². The number of carbonyl (C=O) groups excluding carboxylic acids is 2. The van der Waals surface area contributed by atoms with Crippen molar-refractivity contribution in [2.24, 2.45) is 0 Å². The Kier molecular flexibility index (Phi) is 7.07. The fourth-order valence-corrected chi connectivity index (χ4v) is 2.84. The summed E-state index contributed by atoms with van der Waals surface area (Å²) in [6.45, 7) is 4.90. The minimum Gasteiger partial charge on any atom is -0.475 e. The maximum atomic E-state index is 12.4. The number of nitrogens with zero attached hydrogens (tertiary/aromatic N) is 3. The molecular formula is C23H24N4O6. The van der Waals surface area contributed by atoms with Gasteiger partial charge in [0.05, 0.1) is 16.3 Å². The third-order valence-electron chi connectivity index (χ3n) is 4.52. The van der Waals surface area contributed by atoms with E-state index >= 15 is 0 Å². The summed E-state index contributed by atoms with van der Waals surface area (Å²) in [6.07, 6.45) is 0. The van der Waals surface area contributed by atoms with E-state index in [1.54, 1.807) is 16.8 Å². The number of rotatable bonds is 8. The number of carbonyl (C=O) groups is 2. The molecule has 33 heavy (non-hydrogen) atoms. The summed E-state index contributed by atoms with van der Waals surface area (Å²) in [7, 11) is 0. The molecular weight excluding hydrogens is 428 g/mol. The van der Waals surface area contributed by atoms with E-state index in [2.05, 4.69) is 10.4 Å². The molecule has 3 rings (SSSR count). The van der Waals surface area contributed by atoms with Crippen LogP contribution in [0.15, 0.2) is 60.7 Å². The largest absolute Gasteiger partial charge is 0.475 e. The zero-order valence-corrected chi connectivity index (χ0v) is 18.5. The molecule has 2 aromatic carbocycles. The summed E-state index contributed by atoms with van der Waals surface area (Å²) in [4.78, 5) is 34.8. The van der Waals surface area contributed by atoms with Crippen molar-refractivity contribution in [1.29, 1.82) is 0 Å². The van der Waals surface area contributed by atoms with Crippen molar-refractivity contribution < 1.29 is 24.0 Å². The molecule has 0 atom stereocenters. The van der Waals surface area contributed by atoms with Crippen LogP contribution in [0, 0.1) is 10.1 Å². The lowest BCUT2D eigenvalue weighted by molar-refractivity contribution is -0.385. The molecule has 1 heterocycles. The molecule has 0 aliphatic rings. The number of aromatic nitrogens is 2. The molecule has 0 spiro atoms. The predicted molar refractivity (Wildman–Crippen MR) is 120 cm³/mol. The van der Waals surface area contributed by atoms with Gasteiger partial charge in [-0.2, -0.15) is 5.10 Å². The van der Waals surface area contributed by atoms with Crippen LogP contribution in [0.2, 0.25) is 0 Å². The molecule has 0 bridgehead atoms. The van der Waals surface area contributed by atoms with Crippen LogP contribution in [-0.2, 0) is 19.7 Å². The minimum atomic E-state index is -0.838. The first-order valence-corrected chi connectivity index (χ1v) is 10.1. The van der Waals surface area contributed by atoms with Crippen LogP contribution in [0.3, 0.4) is 0 Å². The molecule has 10 heteroatoms. The number of hydrogen-bond acceptors (Lipinski definition) is 7. The summed E-state index contributed by atoms with van der Waals surface area (Å²) in [5.41, 5.74) is 1.02. The second-order valence-corrected chi connectivity index (χ2v) is 8.13. The first kappa shape index (κ1) is 23.5. The Hall–Kier alpha value is -4.21. The highest BCUT2D eigenvalue weighted by molar-refractivity contribution is 5.92. The molecule has 3 aromatic rings. The van der Waals surface area contributed by atoms with Crippen molar-refractivity contribution in [3.63, 3.8) is 0 Å². The van der Waals surface area contributed by atoms with Gasteiger partial charge < -0.3 is 14.8 Å². The fourth-order valence-electron chi connectivity index (χ4n) is 2.84. The number of nitro benzene ring substituents is 1. The second-order valence-electron chi connectivity index (χ2n) is 8.13. The SMILES string of the molecule is CC(C)(C)c1cc(NC(=O)COC(=O)COc2ccccc2[N+](=O)[O-])n(-c2ccccc2)n1. The van der Waals surface area contributed by atoms with E-state index in [4.69, 9.17) is 9.47 Å². The molecule has 0 fully saturated rings. The molecule has 10 nitrogen and oxygen atoms in total. The van der Waals surface area contributed by atoms with Crippen LogP contribution in [0.25, 0.3) is 5.69 Å². The van der Waals surface area contributed by atoms with Crippen LogP contribution in [-0.4, -0.2) is 39.8 Å². The van der Waals surface area contributed by atoms with Gasteiger partial charge in [0.2, 0.25) is 0 Å². The van der Waals surface area contributed by atoms with Crippen molar-refractivity contribution >= 4 is 23.4 Å². The number of para-hydroxylation sites is 3. The number of benzene rings is 2. The van der Waals surface area contributed by atoms with E-state index in [0.29, 0.717) is 5.82 Å². The zero-order chi connectivity index (χ0) is 24.0. The van der Waals surface area contributed by atoms with Gasteiger partial charge in [0.25, 0.3) is 5.91 Å². The van der Waals surface area contributed by atoms with Gasteiger partial charge in [-0.25, -0.2) is 9.48 Å². The molecule has 0 aliphatic heterocycles. The lowest BCUT2D eigenvalue weighted by Crippen LogP contribution is -2.24. The Labute approximate surface area is 190 Å². The van der Waals surface area contributed by atoms with Gasteiger partial charge in [0.1, 0.15) is 5.82 Å². The van der Waals surface area contributed by atoms with E-state index in [1.165, 1.54) is 18.2 Å². The van der Waals surface area contributed by atoms with Crippen LogP contribution in [0.5, 0.6) is 5.75 Å². The Morgan fingerprint density at radius 2 is 1.73 bits per heavy atom. The van der Waals surface area contributed by atoms with Gasteiger partial charge in [0.15, 0.2) is 19.0 Å². The van der Waals surface area contributed by atoms with Crippen molar-refractivity contribution in [3.8, 4) is 11.4 Å².